The van der Waals surface area contributed by atoms with Gasteiger partial charge >= 0.3 is 11.4 Å². The number of aromatic amines is 2. The number of ether oxygens (including phenoxy) is 1. The normalized spacial score (nSPS) is 24.3. The Hall–Kier alpha value is -2.80. The third-order valence-corrected chi connectivity index (χ3v) is 4.02. The fourth-order valence-electron chi connectivity index (χ4n) is 2.42. The quantitative estimate of drug-likeness (QED) is 0.311. The summed E-state index contributed by atoms with van der Waals surface area (Å²) in [7, 11) is 1.43. The molecule has 0 bridgehead atoms. The van der Waals surface area contributed by atoms with Crippen molar-refractivity contribution in [1.82, 2.24) is 19.5 Å². The number of hydrogen-bond donors (Lipinski definition) is 6. The van der Waals surface area contributed by atoms with Crippen LogP contribution in [0, 0.1) is 6.92 Å². The van der Waals surface area contributed by atoms with Gasteiger partial charge in [-0.3, -0.25) is 9.78 Å². The van der Waals surface area contributed by atoms with E-state index in [4.69, 9.17) is 15.6 Å². The molecule has 1 saturated heterocycles. The Morgan fingerprint density at radius 3 is 2.48 bits per heavy atom. The predicted octanol–water partition coefficient (Wildman–Crippen LogP) is -3.11. The fourth-order valence-corrected chi connectivity index (χ4v) is 2.42. The molecule has 2 aromatic heterocycles. The van der Waals surface area contributed by atoms with Crippen molar-refractivity contribution in [3.05, 3.63) is 54.8 Å². The van der Waals surface area contributed by atoms with E-state index in [2.05, 4.69) is 15.0 Å². The summed E-state index contributed by atoms with van der Waals surface area (Å²) in [5, 5.41) is 28.3. The third kappa shape index (κ3) is 4.49. The molecule has 4 atom stereocenters. The average Bonchev–Trinajstić information content (AvgIpc) is 2.90. The first-order valence-corrected chi connectivity index (χ1v) is 7.89. The lowest BCUT2D eigenvalue weighted by molar-refractivity contribution is -0.0233. The molecule has 7 N–H and O–H groups in total. The fraction of sp³-hybridized carbons (Fsp3) is 0.467. The highest BCUT2D eigenvalue weighted by molar-refractivity contribution is 5.34. The van der Waals surface area contributed by atoms with Crippen LogP contribution in [0.4, 0.5) is 5.82 Å². The SMILES string of the molecule is Cc1c[nH]c(=O)nc1N.Cn1cc([C@@H]2O[C@H](CO)[C@@H](O)[C@H]2O)c(=O)[nH]c1=O. The molecule has 1 aliphatic rings. The third-order valence-electron chi connectivity index (χ3n) is 4.02. The zero-order chi connectivity index (χ0) is 20.3. The van der Waals surface area contributed by atoms with Gasteiger partial charge in [0.05, 0.1) is 12.2 Å². The van der Waals surface area contributed by atoms with Crippen molar-refractivity contribution in [3.63, 3.8) is 0 Å². The summed E-state index contributed by atoms with van der Waals surface area (Å²) in [5.41, 5.74) is 4.42. The van der Waals surface area contributed by atoms with Gasteiger partial charge in [-0.15, -0.1) is 0 Å². The first-order valence-electron chi connectivity index (χ1n) is 7.89. The van der Waals surface area contributed by atoms with E-state index in [0.29, 0.717) is 5.82 Å². The second kappa shape index (κ2) is 8.26. The maximum Gasteiger partial charge on any atom is 0.346 e. The Morgan fingerprint density at radius 1 is 1.30 bits per heavy atom. The average molecular weight is 383 g/mol. The molecule has 1 fully saturated rings. The maximum atomic E-state index is 11.6. The molecule has 1 aliphatic heterocycles. The standard InChI is InChI=1S/C10H14N2O6.C5H7N3O/c1-12-2-4(9(16)11-10(12)17)8-7(15)6(14)5(3-13)18-8;1-3-2-7-5(9)8-4(3)6/h2,5-8,13-15H,3H2,1H3,(H,11,16,17);2H,1H3,(H3,6,7,8,9)/t5-,6-,7-,8+;/m1./s1. The van der Waals surface area contributed by atoms with E-state index in [0.717, 1.165) is 10.1 Å². The summed E-state index contributed by atoms with van der Waals surface area (Å²) >= 11 is 0. The summed E-state index contributed by atoms with van der Waals surface area (Å²) in [5.74, 6) is 0.291. The Bertz CT molecular complexity index is 966. The number of aliphatic hydroxyl groups excluding tert-OH is 3. The molecule has 12 nitrogen and oxygen atoms in total. The lowest BCUT2D eigenvalue weighted by atomic mass is 10.0. The highest BCUT2D eigenvalue weighted by Gasteiger charge is 2.44. The zero-order valence-corrected chi connectivity index (χ0v) is 14.6. The Balaban J connectivity index is 0.000000244. The first-order chi connectivity index (χ1) is 12.6. The minimum atomic E-state index is -1.33. The highest BCUT2D eigenvalue weighted by atomic mass is 16.6. The number of nitrogens with two attached hydrogens (primary N) is 1. The van der Waals surface area contributed by atoms with E-state index >= 15 is 0 Å². The van der Waals surface area contributed by atoms with Gasteiger partial charge in [0, 0.05) is 25.0 Å². The van der Waals surface area contributed by atoms with Crippen molar-refractivity contribution in [2.45, 2.75) is 31.3 Å². The van der Waals surface area contributed by atoms with Crippen LogP contribution in [0.5, 0.6) is 0 Å². The number of aliphatic hydroxyl groups is 3. The van der Waals surface area contributed by atoms with Crippen molar-refractivity contribution in [2.24, 2.45) is 7.05 Å². The van der Waals surface area contributed by atoms with Crippen molar-refractivity contribution >= 4 is 5.82 Å². The molecule has 2 aromatic rings. The molecule has 27 heavy (non-hydrogen) atoms. The molecule has 0 aromatic carbocycles. The monoisotopic (exact) mass is 383 g/mol. The van der Waals surface area contributed by atoms with Gasteiger partial charge in [0.25, 0.3) is 5.56 Å². The highest BCUT2D eigenvalue weighted by Crippen LogP contribution is 2.31. The number of aromatic nitrogens is 4. The molecule has 0 aliphatic carbocycles. The number of nitrogens with one attached hydrogen (secondary N) is 2. The number of rotatable bonds is 2. The van der Waals surface area contributed by atoms with E-state index in [1.807, 2.05) is 0 Å². The predicted molar refractivity (Wildman–Crippen MR) is 93.0 cm³/mol. The topological polar surface area (TPSA) is 197 Å². The summed E-state index contributed by atoms with van der Waals surface area (Å²) in [6.45, 7) is 1.30. The summed E-state index contributed by atoms with van der Waals surface area (Å²) in [6, 6.07) is 0. The number of anilines is 1. The Kier molecular flexibility index (Phi) is 6.28. The molecule has 0 radical (unpaired) electrons. The minimum Gasteiger partial charge on any atom is -0.394 e. The smallest absolute Gasteiger partial charge is 0.346 e. The van der Waals surface area contributed by atoms with Crippen molar-refractivity contribution in [3.8, 4) is 0 Å². The molecule has 3 rings (SSSR count). The lowest BCUT2D eigenvalue weighted by Gasteiger charge is -2.14. The van der Waals surface area contributed by atoms with Gasteiger partial charge < -0.3 is 35.3 Å². The van der Waals surface area contributed by atoms with Gasteiger partial charge in [-0.25, -0.2) is 9.59 Å². The number of nitrogen functional groups attached to an aromatic ring is 1. The van der Waals surface area contributed by atoms with E-state index in [9.17, 15) is 24.6 Å². The first kappa shape index (κ1) is 20.5. The second-order valence-corrected chi connectivity index (χ2v) is 5.99. The van der Waals surface area contributed by atoms with E-state index in [1.54, 1.807) is 6.92 Å². The summed E-state index contributed by atoms with van der Waals surface area (Å²) in [4.78, 5) is 41.1. The van der Waals surface area contributed by atoms with Crippen LogP contribution in [0.25, 0.3) is 0 Å². The van der Waals surface area contributed by atoms with Crippen LogP contribution in [0.3, 0.4) is 0 Å². The van der Waals surface area contributed by atoms with Gasteiger partial charge in [0.2, 0.25) is 0 Å². The van der Waals surface area contributed by atoms with Crippen molar-refractivity contribution < 1.29 is 20.1 Å². The number of aryl methyl sites for hydroxylation is 2. The van der Waals surface area contributed by atoms with Crippen LogP contribution in [0.15, 0.2) is 26.8 Å². The number of hydrogen-bond acceptors (Lipinski definition) is 9. The molecule has 0 spiro atoms. The van der Waals surface area contributed by atoms with Gasteiger partial charge in [-0.2, -0.15) is 4.98 Å². The van der Waals surface area contributed by atoms with Gasteiger partial charge in [0.1, 0.15) is 30.2 Å². The minimum absolute atomic E-state index is 0.0274. The largest absolute Gasteiger partial charge is 0.394 e. The molecular formula is C15H21N5O7. The van der Waals surface area contributed by atoms with Crippen LogP contribution in [-0.4, -0.2) is 59.8 Å². The van der Waals surface area contributed by atoms with Gasteiger partial charge in [-0.1, -0.05) is 0 Å². The van der Waals surface area contributed by atoms with E-state index in [1.165, 1.54) is 19.4 Å². The van der Waals surface area contributed by atoms with Gasteiger partial charge in [-0.05, 0) is 6.92 Å². The lowest BCUT2D eigenvalue weighted by Crippen LogP contribution is -2.35. The van der Waals surface area contributed by atoms with Crippen molar-refractivity contribution in [2.75, 3.05) is 12.3 Å². The molecule has 0 unspecified atom stereocenters. The molecule has 3 heterocycles. The van der Waals surface area contributed by atoms with E-state index < -0.39 is 48.0 Å². The van der Waals surface area contributed by atoms with E-state index in [-0.39, 0.29) is 5.56 Å². The number of H-pyrrole nitrogens is 2. The van der Waals surface area contributed by atoms with Gasteiger partial charge in [0.15, 0.2) is 0 Å². The molecule has 12 heteroatoms. The van der Waals surface area contributed by atoms with Crippen LogP contribution in [0.1, 0.15) is 17.2 Å². The van der Waals surface area contributed by atoms with Crippen molar-refractivity contribution in [1.29, 1.82) is 0 Å². The molecule has 0 saturated carbocycles. The zero-order valence-electron chi connectivity index (χ0n) is 14.6. The molecular weight excluding hydrogens is 362 g/mol. The van der Waals surface area contributed by atoms with Crippen LogP contribution < -0.4 is 22.7 Å². The van der Waals surface area contributed by atoms with Crippen LogP contribution in [0.2, 0.25) is 0 Å². The number of nitrogens with zero attached hydrogens (tertiary/aromatic N) is 2. The second-order valence-electron chi connectivity index (χ2n) is 5.99. The summed E-state index contributed by atoms with van der Waals surface area (Å²) < 4.78 is 6.34. The molecule has 0 amide bonds. The summed E-state index contributed by atoms with van der Waals surface area (Å²) in [6.07, 6.45) is -1.88. The Morgan fingerprint density at radius 2 is 1.96 bits per heavy atom. The van der Waals surface area contributed by atoms with Crippen LogP contribution >= 0.6 is 0 Å². The van der Waals surface area contributed by atoms with Crippen LogP contribution in [-0.2, 0) is 11.8 Å². The molecule has 148 valence electrons. The maximum absolute atomic E-state index is 11.6. The Labute approximate surface area is 151 Å².